The smallest absolute Gasteiger partial charge is 0.272 e. The number of halogens is 1. The van der Waals surface area contributed by atoms with Crippen molar-refractivity contribution >= 4 is 62.9 Å². The number of amides is 3. The molecule has 4 aromatic carbocycles. The molecule has 0 heterocycles. The molecule has 0 aliphatic heterocycles. The highest BCUT2D eigenvalue weighted by molar-refractivity contribution is 9.10. The van der Waals surface area contributed by atoms with E-state index < -0.39 is 11.8 Å². The number of carbonyl (C=O) groups is 3. The van der Waals surface area contributed by atoms with Crippen molar-refractivity contribution in [3.8, 4) is 0 Å². The lowest BCUT2D eigenvalue weighted by molar-refractivity contribution is -0.115. The number of thioether (sulfide) groups is 1. The zero-order chi connectivity index (χ0) is 27.6. The summed E-state index contributed by atoms with van der Waals surface area (Å²) < 4.78 is 0.903. The third-order valence-electron chi connectivity index (χ3n) is 5.53. The first-order valence-corrected chi connectivity index (χ1v) is 13.8. The molecule has 0 aliphatic rings. The summed E-state index contributed by atoms with van der Waals surface area (Å²) in [4.78, 5) is 39.6. The molecule has 1 atom stereocenters. The van der Waals surface area contributed by atoms with Crippen LogP contribution in [0.5, 0.6) is 0 Å². The van der Waals surface area contributed by atoms with E-state index in [-0.39, 0.29) is 16.9 Å². The van der Waals surface area contributed by atoms with Gasteiger partial charge < -0.3 is 16.0 Å². The Labute approximate surface area is 240 Å². The third-order valence-corrected chi connectivity index (χ3v) is 7.15. The maximum Gasteiger partial charge on any atom is 0.272 e. The highest BCUT2D eigenvalue weighted by atomic mass is 79.9. The lowest BCUT2D eigenvalue weighted by atomic mass is 10.1. The molecule has 0 saturated carbocycles. The van der Waals surface area contributed by atoms with Gasteiger partial charge in [-0.05, 0) is 73.2 Å². The standard InChI is InChI=1S/C31H26BrN3O3S/c1-21(29(36)33-25-11-6-3-7-12-25)39-27-14-8-13-26(20-27)34-31(38)28(19-22-15-17-24(32)18-16-22)35-30(37)23-9-4-2-5-10-23/h2-21H,1H3,(H,33,36)(H,34,38)(H,35,37)/b28-19-. The molecule has 8 heteroatoms. The topological polar surface area (TPSA) is 87.3 Å². The quantitative estimate of drug-likeness (QED) is 0.143. The first-order valence-electron chi connectivity index (χ1n) is 12.1. The van der Waals surface area contributed by atoms with Crippen LogP contribution in [-0.2, 0) is 9.59 Å². The molecule has 39 heavy (non-hydrogen) atoms. The van der Waals surface area contributed by atoms with Crippen molar-refractivity contribution in [1.29, 1.82) is 0 Å². The van der Waals surface area contributed by atoms with Gasteiger partial charge in [0.2, 0.25) is 5.91 Å². The summed E-state index contributed by atoms with van der Waals surface area (Å²) in [7, 11) is 0. The number of nitrogens with one attached hydrogen (secondary N) is 3. The van der Waals surface area contributed by atoms with Gasteiger partial charge in [-0.15, -0.1) is 11.8 Å². The monoisotopic (exact) mass is 599 g/mol. The molecule has 0 spiro atoms. The van der Waals surface area contributed by atoms with Crippen LogP contribution in [0.25, 0.3) is 6.08 Å². The number of hydrogen-bond acceptors (Lipinski definition) is 4. The second kappa shape index (κ2) is 13.6. The highest BCUT2D eigenvalue weighted by Crippen LogP contribution is 2.27. The minimum Gasteiger partial charge on any atom is -0.325 e. The van der Waals surface area contributed by atoms with E-state index in [1.165, 1.54) is 11.8 Å². The van der Waals surface area contributed by atoms with Gasteiger partial charge in [0.15, 0.2) is 0 Å². The van der Waals surface area contributed by atoms with Crippen LogP contribution in [-0.4, -0.2) is 23.0 Å². The number of hydrogen-bond donors (Lipinski definition) is 3. The van der Waals surface area contributed by atoms with Crippen LogP contribution in [0.2, 0.25) is 0 Å². The van der Waals surface area contributed by atoms with Crippen LogP contribution in [0, 0.1) is 0 Å². The maximum atomic E-state index is 13.3. The van der Waals surface area contributed by atoms with E-state index in [0.717, 1.165) is 20.6 Å². The fourth-order valence-electron chi connectivity index (χ4n) is 3.54. The van der Waals surface area contributed by atoms with Crippen LogP contribution >= 0.6 is 27.7 Å². The van der Waals surface area contributed by atoms with Gasteiger partial charge in [-0.2, -0.15) is 0 Å². The molecular weight excluding hydrogens is 574 g/mol. The second-order valence-corrected chi connectivity index (χ2v) is 10.9. The van der Waals surface area contributed by atoms with Crippen LogP contribution in [0.4, 0.5) is 11.4 Å². The summed E-state index contributed by atoms with van der Waals surface area (Å²) >= 11 is 4.79. The molecule has 0 saturated heterocycles. The van der Waals surface area contributed by atoms with Crippen LogP contribution < -0.4 is 16.0 Å². The van der Waals surface area contributed by atoms with Crippen molar-refractivity contribution in [1.82, 2.24) is 5.32 Å². The average molecular weight is 601 g/mol. The van der Waals surface area contributed by atoms with E-state index in [2.05, 4.69) is 31.9 Å². The number of carbonyl (C=O) groups excluding carboxylic acids is 3. The summed E-state index contributed by atoms with van der Waals surface area (Å²) in [6.45, 7) is 1.83. The number of para-hydroxylation sites is 1. The van der Waals surface area contributed by atoms with Gasteiger partial charge in [0.05, 0.1) is 5.25 Å². The minimum atomic E-state index is -0.473. The zero-order valence-corrected chi connectivity index (χ0v) is 23.5. The van der Waals surface area contributed by atoms with Crippen LogP contribution in [0.15, 0.2) is 124 Å². The van der Waals surface area contributed by atoms with Crippen molar-refractivity contribution in [2.75, 3.05) is 10.6 Å². The van der Waals surface area contributed by atoms with Gasteiger partial charge in [0.25, 0.3) is 11.8 Å². The summed E-state index contributed by atoms with van der Waals surface area (Å²) in [6, 6.07) is 32.6. The first kappa shape index (κ1) is 27.9. The Morgan fingerprint density at radius 1 is 0.769 bits per heavy atom. The molecule has 0 aromatic heterocycles. The van der Waals surface area contributed by atoms with E-state index in [1.807, 2.05) is 73.7 Å². The van der Waals surface area contributed by atoms with Crippen molar-refractivity contribution in [2.45, 2.75) is 17.1 Å². The van der Waals surface area contributed by atoms with Gasteiger partial charge in [0.1, 0.15) is 5.70 Å². The van der Waals surface area contributed by atoms with Gasteiger partial charge in [0, 0.05) is 26.3 Å². The maximum absolute atomic E-state index is 13.3. The molecule has 4 aromatic rings. The highest BCUT2D eigenvalue weighted by Gasteiger charge is 2.17. The van der Waals surface area contributed by atoms with E-state index in [0.29, 0.717) is 11.3 Å². The largest absolute Gasteiger partial charge is 0.325 e. The summed E-state index contributed by atoms with van der Waals surface area (Å²) in [6.07, 6.45) is 1.62. The molecule has 1 unspecified atom stereocenters. The molecule has 0 radical (unpaired) electrons. The minimum absolute atomic E-state index is 0.0971. The van der Waals surface area contributed by atoms with Gasteiger partial charge in [-0.25, -0.2) is 0 Å². The lowest BCUT2D eigenvalue weighted by Gasteiger charge is -2.14. The predicted molar refractivity (Wildman–Crippen MR) is 161 cm³/mol. The summed E-state index contributed by atoms with van der Waals surface area (Å²) in [5.41, 5.74) is 2.56. The Hall–Kier alpha value is -4.14. The zero-order valence-electron chi connectivity index (χ0n) is 21.1. The Bertz CT molecular complexity index is 1480. The van der Waals surface area contributed by atoms with Gasteiger partial charge >= 0.3 is 0 Å². The Morgan fingerprint density at radius 3 is 2.10 bits per heavy atom. The van der Waals surface area contributed by atoms with Crippen molar-refractivity contribution in [3.63, 3.8) is 0 Å². The third kappa shape index (κ3) is 8.43. The molecule has 0 fully saturated rings. The van der Waals surface area contributed by atoms with E-state index in [4.69, 9.17) is 0 Å². The molecule has 3 N–H and O–H groups in total. The summed E-state index contributed by atoms with van der Waals surface area (Å²) in [5, 5.41) is 8.15. The van der Waals surface area contributed by atoms with Gasteiger partial charge in [-0.1, -0.05) is 70.5 Å². The first-order chi connectivity index (χ1) is 18.9. The lowest BCUT2D eigenvalue weighted by Crippen LogP contribution is -2.30. The molecule has 0 bridgehead atoms. The molecule has 6 nitrogen and oxygen atoms in total. The van der Waals surface area contributed by atoms with E-state index in [1.54, 1.807) is 48.5 Å². The number of benzene rings is 4. The summed E-state index contributed by atoms with van der Waals surface area (Å²) in [5.74, 6) is -0.986. The fourth-order valence-corrected chi connectivity index (χ4v) is 4.73. The molecule has 3 amide bonds. The molecule has 196 valence electrons. The molecule has 0 aliphatic carbocycles. The SMILES string of the molecule is CC(Sc1cccc(NC(=O)/C(=C/c2ccc(Br)cc2)NC(=O)c2ccccc2)c1)C(=O)Nc1ccccc1. The van der Waals surface area contributed by atoms with Crippen molar-refractivity contribution in [2.24, 2.45) is 0 Å². The average Bonchev–Trinajstić information content (AvgIpc) is 2.95. The Kier molecular flexibility index (Phi) is 9.72. The predicted octanol–water partition coefficient (Wildman–Crippen LogP) is 6.98. The van der Waals surface area contributed by atoms with Crippen LogP contribution in [0.1, 0.15) is 22.8 Å². The molecular formula is C31H26BrN3O3S. The van der Waals surface area contributed by atoms with Crippen LogP contribution in [0.3, 0.4) is 0 Å². The fraction of sp³-hybridized carbons (Fsp3) is 0.0645. The second-order valence-electron chi connectivity index (χ2n) is 8.53. The number of anilines is 2. The van der Waals surface area contributed by atoms with E-state index in [9.17, 15) is 14.4 Å². The van der Waals surface area contributed by atoms with E-state index >= 15 is 0 Å². The van der Waals surface area contributed by atoms with Crippen molar-refractivity contribution in [3.05, 3.63) is 130 Å². The Balaban J connectivity index is 1.48. The number of rotatable bonds is 9. The Morgan fingerprint density at radius 2 is 1.41 bits per heavy atom. The van der Waals surface area contributed by atoms with Gasteiger partial charge in [-0.3, -0.25) is 14.4 Å². The van der Waals surface area contributed by atoms with Crippen molar-refractivity contribution < 1.29 is 14.4 Å². The normalized spacial score (nSPS) is 11.8. The molecule has 4 rings (SSSR count).